The quantitative estimate of drug-likeness (QED) is 0.446. The van der Waals surface area contributed by atoms with E-state index in [2.05, 4.69) is 10.3 Å². The zero-order valence-electron chi connectivity index (χ0n) is 18.3. The van der Waals surface area contributed by atoms with Crippen molar-refractivity contribution in [1.82, 2.24) is 10.3 Å². The SMILES string of the molecule is CCc1cccc2c([C@@H](CC(=O)N[C@H](C)C(C)C)c3ccccc3C(F)(F)F)c[nH]c12. The third-order valence-corrected chi connectivity index (χ3v) is 6.01. The van der Waals surface area contributed by atoms with Crippen molar-refractivity contribution in [2.24, 2.45) is 5.92 Å². The topological polar surface area (TPSA) is 44.9 Å². The molecule has 0 saturated heterocycles. The van der Waals surface area contributed by atoms with E-state index in [1.54, 1.807) is 12.3 Å². The normalized spacial score (nSPS) is 14.1. The standard InChI is InChI=1S/C25H29F3N2O/c1-5-17-9-8-11-19-21(14-29-24(17)19)20(13-23(31)30-16(4)15(2)3)18-10-6-7-12-22(18)25(26,27)28/h6-12,14-16,20,29H,5,13H2,1-4H3,(H,30,31)/t16-,20+/m1/s1. The minimum Gasteiger partial charge on any atom is -0.361 e. The Morgan fingerprint density at radius 3 is 2.39 bits per heavy atom. The van der Waals surface area contributed by atoms with Gasteiger partial charge in [-0.2, -0.15) is 13.2 Å². The molecule has 0 unspecified atom stereocenters. The van der Waals surface area contributed by atoms with Crippen LogP contribution in [-0.2, 0) is 17.4 Å². The van der Waals surface area contributed by atoms with Gasteiger partial charge in [0.15, 0.2) is 0 Å². The number of carbonyl (C=O) groups excluding carboxylic acids is 1. The van der Waals surface area contributed by atoms with Crippen LogP contribution < -0.4 is 5.32 Å². The molecule has 0 spiro atoms. The number of amides is 1. The van der Waals surface area contributed by atoms with Crippen molar-refractivity contribution in [2.75, 3.05) is 0 Å². The number of H-pyrrole nitrogens is 1. The number of alkyl halides is 3. The zero-order valence-corrected chi connectivity index (χ0v) is 18.3. The molecule has 0 aliphatic heterocycles. The highest BCUT2D eigenvalue weighted by Crippen LogP contribution is 2.41. The predicted octanol–water partition coefficient (Wildman–Crippen LogP) is 6.43. The average Bonchev–Trinajstić information content (AvgIpc) is 3.15. The first-order valence-corrected chi connectivity index (χ1v) is 10.7. The number of aromatic amines is 1. The Kier molecular flexibility index (Phi) is 6.77. The molecule has 166 valence electrons. The van der Waals surface area contributed by atoms with E-state index in [1.807, 2.05) is 45.9 Å². The van der Waals surface area contributed by atoms with Gasteiger partial charge in [-0.05, 0) is 42.0 Å². The van der Waals surface area contributed by atoms with Crippen molar-refractivity contribution in [2.45, 2.75) is 58.7 Å². The van der Waals surface area contributed by atoms with Crippen LogP contribution in [0.4, 0.5) is 13.2 Å². The highest BCUT2D eigenvalue weighted by molar-refractivity contribution is 5.88. The van der Waals surface area contributed by atoms with Crippen LogP contribution in [0.2, 0.25) is 0 Å². The van der Waals surface area contributed by atoms with Crippen molar-refractivity contribution in [1.29, 1.82) is 0 Å². The Morgan fingerprint density at radius 1 is 1.03 bits per heavy atom. The van der Waals surface area contributed by atoms with Crippen LogP contribution in [0.3, 0.4) is 0 Å². The van der Waals surface area contributed by atoms with E-state index >= 15 is 0 Å². The Hall–Kier alpha value is -2.76. The highest BCUT2D eigenvalue weighted by Gasteiger charge is 2.36. The second kappa shape index (κ2) is 9.16. The van der Waals surface area contributed by atoms with Gasteiger partial charge in [0.1, 0.15) is 0 Å². The van der Waals surface area contributed by atoms with Crippen molar-refractivity contribution >= 4 is 16.8 Å². The van der Waals surface area contributed by atoms with Gasteiger partial charge in [-0.1, -0.05) is 57.2 Å². The molecule has 3 aromatic rings. The summed E-state index contributed by atoms with van der Waals surface area (Å²) in [6, 6.07) is 11.3. The van der Waals surface area contributed by atoms with Crippen LogP contribution in [0.5, 0.6) is 0 Å². The molecular weight excluding hydrogens is 401 g/mol. The fraction of sp³-hybridized carbons (Fsp3) is 0.400. The van der Waals surface area contributed by atoms with E-state index in [-0.39, 0.29) is 29.9 Å². The Balaban J connectivity index is 2.12. The first-order chi connectivity index (χ1) is 14.6. The molecule has 31 heavy (non-hydrogen) atoms. The maximum atomic E-state index is 13.8. The number of aromatic nitrogens is 1. The predicted molar refractivity (Wildman–Crippen MR) is 118 cm³/mol. The summed E-state index contributed by atoms with van der Waals surface area (Å²) in [4.78, 5) is 16.1. The molecule has 1 amide bonds. The number of rotatable bonds is 7. The van der Waals surface area contributed by atoms with Gasteiger partial charge in [-0.15, -0.1) is 0 Å². The molecule has 1 aromatic heterocycles. The smallest absolute Gasteiger partial charge is 0.361 e. The summed E-state index contributed by atoms with van der Waals surface area (Å²) in [6.07, 6.45) is -2.01. The fourth-order valence-electron chi connectivity index (χ4n) is 3.93. The molecule has 0 aliphatic carbocycles. The van der Waals surface area contributed by atoms with Gasteiger partial charge >= 0.3 is 6.18 Å². The van der Waals surface area contributed by atoms with E-state index in [1.165, 1.54) is 12.1 Å². The lowest BCUT2D eigenvalue weighted by molar-refractivity contribution is -0.138. The summed E-state index contributed by atoms with van der Waals surface area (Å²) in [7, 11) is 0. The van der Waals surface area contributed by atoms with E-state index in [9.17, 15) is 18.0 Å². The number of hydrogen-bond donors (Lipinski definition) is 2. The van der Waals surface area contributed by atoms with Crippen molar-refractivity contribution in [3.63, 3.8) is 0 Å². The summed E-state index contributed by atoms with van der Waals surface area (Å²) < 4.78 is 41.5. The highest BCUT2D eigenvalue weighted by atomic mass is 19.4. The summed E-state index contributed by atoms with van der Waals surface area (Å²) in [5.74, 6) is -0.757. The third kappa shape index (κ3) is 4.94. The first-order valence-electron chi connectivity index (χ1n) is 10.7. The summed E-state index contributed by atoms with van der Waals surface area (Å²) in [5.41, 5.74) is 2.11. The molecule has 0 bridgehead atoms. The average molecular weight is 431 g/mol. The molecule has 1 heterocycles. The van der Waals surface area contributed by atoms with Crippen LogP contribution in [0.25, 0.3) is 10.9 Å². The largest absolute Gasteiger partial charge is 0.416 e. The zero-order chi connectivity index (χ0) is 22.8. The van der Waals surface area contributed by atoms with Gasteiger partial charge in [-0.25, -0.2) is 0 Å². The fourth-order valence-corrected chi connectivity index (χ4v) is 3.93. The number of carbonyl (C=O) groups is 1. The third-order valence-electron chi connectivity index (χ3n) is 6.01. The monoisotopic (exact) mass is 430 g/mol. The summed E-state index contributed by atoms with van der Waals surface area (Å²) in [5, 5.41) is 3.79. The number of benzene rings is 2. The van der Waals surface area contributed by atoms with Gasteiger partial charge in [0.05, 0.1) is 5.56 Å². The van der Waals surface area contributed by atoms with Crippen molar-refractivity contribution < 1.29 is 18.0 Å². The first kappa shape index (κ1) is 22.9. The number of hydrogen-bond acceptors (Lipinski definition) is 1. The van der Waals surface area contributed by atoms with Gasteiger partial charge in [-0.3, -0.25) is 4.79 Å². The maximum absolute atomic E-state index is 13.8. The second-order valence-electron chi connectivity index (χ2n) is 8.38. The maximum Gasteiger partial charge on any atom is 0.416 e. The summed E-state index contributed by atoms with van der Waals surface area (Å²) >= 11 is 0. The molecule has 3 nitrogen and oxygen atoms in total. The lowest BCUT2D eigenvalue weighted by Gasteiger charge is -2.23. The number of aryl methyl sites for hydroxylation is 1. The molecular formula is C25H29F3N2O. The molecule has 2 N–H and O–H groups in total. The van der Waals surface area contributed by atoms with E-state index in [0.717, 1.165) is 29.0 Å². The molecule has 6 heteroatoms. The van der Waals surface area contributed by atoms with Crippen molar-refractivity contribution in [3.8, 4) is 0 Å². The molecule has 2 aromatic carbocycles. The van der Waals surface area contributed by atoms with E-state index < -0.39 is 17.7 Å². The minimum atomic E-state index is -4.50. The van der Waals surface area contributed by atoms with Gasteiger partial charge in [0, 0.05) is 35.5 Å². The molecule has 3 rings (SSSR count). The molecule has 0 radical (unpaired) electrons. The number of halogens is 3. The van der Waals surface area contributed by atoms with Gasteiger partial charge < -0.3 is 10.3 Å². The van der Waals surface area contributed by atoms with Crippen LogP contribution in [0, 0.1) is 5.92 Å². The number of fused-ring (bicyclic) bond motifs is 1. The Morgan fingerprint density at radius 2 is 1.74 bits per heavy atom. The Bertz CT molecular complexity index is 1050. The van der Waals surface area contributed by atoms with E-state index in [4.69, 9.17) is 0 Å². The van der Waals surface area contributed by atoms with Crippen LogP contribution >= 0.6 is 0 Å². The molecule has 0 saturated carbocycles. The second-order valence-corrected chi connectivity index (χ2v) is 8.38. The minimum absolute atomic E-state index is 0.0620. The molecule has 0 aliphatic rings. The lowest BCUT2D eigenvalue weighted by Crippen LogP contribution is -2.37. The number of nitrogens with one attached hydrogen (secondary N) is 2. The van der Waals surface area contributed by atoms with Gasteiger partial charge in [0.25, 0.3) is 0 Å². The van der Waals surface area contributed by atoms with Gasteiger partial charge in [0.2, 0.25) is 5.91 Å². The lowest BCUT2D eigenvalue weighted by atomic mass is 9.84. The van der Waals surface area contributed by atoms with Crippen molar-refractivity contribution in [3.05, 3.63) is 70.9 Å². The number of para-hydroxylation sites is 1. The molecule has 2 atom stereocenters. The van der Waals surface area contributed by atoms with Crippen LogP contribution in [0.15, 0.2) is 48.7 Å². The summed E-state index contributed by atoms with van der Waals surface area (Å²) in [6.45, 7) is 7.92. The Labute approximate surface area is 181 Å². The molecule has 0 fully saturated rings. The van der Waals surface area contributed by atoms with E-state index in [0.29, 0.717) is 5.56 Å². The van der Waals surface area contributed by atoms with Crippen LogP contribution in [-0.4, -0.2) is 16.9 Å². The van der Waals surface area contributed by atoms with Crippen LogP contribution in [0.1, 0.15) is 62.3 Å².